The highest BCUT2D eigenvalue weighted by atomic mass is 19.4. The summed E-state index contributed by atoms with van der Waals surface area (Å²) in [6.07, 6.45) is 0.890. The fourth-order valence-corrected chi connectivity index (χ4v) is 4.10. The molecule has 0 amide bonds. The zero-order chi connectivity index (χ0) is 29.0. The van der Waals surface area contributed by atoms with Gasteiger partial charge in [-0.3, -0.25) is 4.98 Å². The molecule has 0 saturated heterocycles. The van der Waals surface area contributed by atoms with Crippen LogP contribution in [0.5, 0.6) is 11.8 Å². The molecule has 0 fully saturated rings. The highest BCUT2D eigenvalue weighted by Crippen LogP contribution is 2.42. The standard InChI is InChI=1S/C26H19F3N4O2.C6H4/c1-4-17-10-5-6-12-19(17)23-31-24(33-25(32-23)34-3)22-20(26(27,28)29)13-8-14-21(22)35-15-18-11-7-9-16(2)30-18;1-2-6-4-3-5(1)6/h1,5-14H,15H2,2-3H3;1-4H. The smallest absolute Gasteiger partial charge is 0.417 e. The van der Waals surface area contributed by atoms with E-state index in [-0.39, 0.29) is 35.6 Å². The van der Waals surface area contributed by atoms with Crippen LogP contribution < -0.4 is 9.47 Å². The van der Waals surface area contributed by atoms with Crippen LogP contribution in [0.1, 0.15) is 22.5 Å². The molecule has 0 bridgehead atoms. The third-order valence-electron chi connectivity index (χ3n) is 6.22. The maximum atomic E-state index is 14.1. The molecule has 0 aliphatic heterocycles. The molecule has 0 spiro atoms. The number of aryl methyl sites for hydroxylation is 1. The molecule has 9 heteroatoms. The summed E-state index contributed by atoms with van der Waals surface area (Å²) in [6, 6.07) is 24.1. The number of ether oxygens (including phenoxy) is 2. The summed E-state index contributed by atoms with van der Waals surface area (Å²) in [5.41, 5.74) is 3.79. The van der Waals surface area contributed by atoms with Crippen LogP contribution in [0.4, 0.5) is 13.2 Å². The van der Waals surface area contributed by atoms with Gasteiger partial charge in [-0.1, -0.05) is 54.5 Å². The van der Waals surface area contributed by atoms with Gasteiger partial charge in [0, 0.05) is 16.8 Å². The second-order valence-electron chi connectivity index (χ2n) is 8.97. The van der Waals surface area contributed by atoms with Crippen molar-refractivity contribution in [3.05, 3.63) is 107 Å². The van der Waals surface area contributed by atoms with Gasteiger partial charge >= 0.3 is 12.2 Å². The lowest BCUT2D eigenvalue weighted by Crippen LogP contribution is -2.11. The monoisotopic (exact) mass is 552 g/mol. The van der Waals surface area contributed by atoms with Crippen LogP contribution >= 0.6 is 0 Å². The van der Waals surface area contributed by atoms with Crippen molar-refractivity contribution in [3.8, 4) is 58.0 Å². The lowest BCUT2D eigenvalue weighted by atomic mass is 9.95. The van der Waals surface area contributed by atoms with Crippen molar-refractivity contribution in [2.45, 2.75) is 19.7 Å². The quantitative estimate of drug-likeness (QED) is 0.204. The van der Waals surface area contributed by atoms with Crippen molar-refractivity contribution in [1.82, 2.24) is 19.9 Å². The number of fused-ring (bicyclic) bond motifs is 1. The highest BCUT2D eigenvalue weighted by Gasteiger charge is 2.36. The van der Waals surface area contributed by atoms with Gasteiger partial charge in [0.15, 0.2) is 11.6 Å². The van der Waals surface area contributed by atoms with E-state index in [1.165, 1.54) is 30.4 Å². The van der Waals surface area contributed by atoms with Gasteiger partial charge in [-0.2, -0.15) is 23.1 Å². The number of rotatable bonds is 6. The first-order chi connectivity index (χ1) is 19.8. The Hall–Kier alpha value is -5.23. The molecule has 4 aromatic rings. The van der Waals surface area contributed by atoms with Gasteiger partial charge < -0.3 is 9.47 Å². The SMILES string of the molecule is C#Cc1ccccc1-c1nc(OC)nc(-c2c(OCc3cccc(C)n3)cccc2C(F)(F)F)n1.c1cc2ccc1-2. The Morgan fingerprint density at radius 3 is 2.07 bits per heavy atom. The third kappa shape index (κ3) is 6.02. The Morgan fingerprint density at radius 1 is 0.780 bits per heavy atom. The minimum Gasteiger partial charge on any atom is -0.487 e. The zero-order valence-corrected chi connectivity index (χ0v) is 22.1. The molecule has 0 N–H and O–H groups in total. The number of hydrogen-bond donors (Lipinski definition) is 0. The molecule has 0 atom stereocenters. The number of pyridine rings is 1. The molecule has 2 aliphatic rings. The summed E-state index contributed by atoms with van der Waals surface area (Å²) >= 11 is 0. The molecule has 2 heterocycles. The zero-order valence-electron chi connectivity index (χ0n) is 22.1. The Morgan fingerprint density at radius 2 is 1.46 bits per heavy atom. The number of alkyl halides is 3. The molecule has 41 heavy (non-hydrogen) atoms. The Kier molecular flexibility index (Phi) is 7.66. The topological polar surface area (TPSA) is 70.0 Å². The molecule has 2 aliphatic carbocycles. The van der Waals surface area contributed by atoms with E-state index in [2.05, 4.69) is 50.1 Å². The molecule has 6 rings (SSSR count). The van der Waals surface area contributed by atoms with Crippen molar-refractivity contribution in [2.24, 2.45) is 0 Å². The minimum atomic E-state index is -4.70. The fraction of sp³-hybridized carbons (Fsp3) is 0.125. The van der Waals surface area contributed by atoms with E-state index < -0.39 is 11.7 Å². The number of halogens is 3. The summed E-state index contributed by atoms with van der Waals surface area (Å²) in [4.78, 5) is 17.0. The van der Waals surface area contributed by atoms with Crippen LogP contribution in [0, 0.1) is 19.3 Å². The Labute approximate surface area is 234 Å². The average Bonchev–Trinajstić information content (AvgIpc) is 2.97. The van der Waals surface area contributed by atoms with E-state index in [4.69, 9.17) is 15.9 Å². The van der Waals surface area contributed by atoms with Gasteiger partial charge in [-0.05, 0) is 54.4 Å². The van der Waals surface area contributed by atoms with Crippen LogP contribution in [-0.2, 0) is 12.8 Å². The summed E-state index contributed by atoms with van der Waals surface area (Å²) in [7, 11) is 1.31. The summed E-state index contributed by atoms with van der Waals surface area (Å²) in [5.74, 6) is 2.27. The van der Waals surface area contributed by atoms with Gasteiger partial charge in [0.1, 0.15) is 12.4 Å². The second-order valence-corrected chi connectivity index (χ2v) is 8.97. The second kappa shape index (κ2) is 11.5. The molecule has 2 aromatic heterocycles. The van der Waals surface area contributed by atoms with Crippen molar-refractivity contribution < 1.29 is 22.6 Å². The van der Waals surface area contributed by atoms with Gasteiger partial charge in [0.25, 0.3) is 0 Å². The first-order valence-corrected chi connectivity index (χ1v) is 12.5. The number of terminal acetylenes is 1. The molecule has 204 valence electrons. The van der Waals surface area contributed by atoms with Crippen LogP contribution in [0.2, 0.25) is 0 Å². The molecular weight excluding hydrogens is 529 g/mol. The third-order valence-corrected chi connectivity index (χ3v) is 6.22. The average molecular weight is 553 g/mol. The normalized spacial score (nSPS) is 11.1. The van der Waals surface area contributed by atoms with Gasteiger partial charge in [0.2, 0.25) is 0 Å². The largest absolute Gasteiger partial charge is 0.487 e. The van der Waals surface area contributed by atoms with Crippen LogP contribution in [0.15, 0.2) is 84.9 Å². The van der Waals surface area contributed by atoms with Crippen LogP contribution in [0.3, 0.4) is 0 Å². The van der Waals surface area contributed by atoms with Gasteiger partial charge in [0.05, 0.1) is 23.9 Å². The molecule has 0 unspecified atom stereocenters. The predicted octanol–water partition coefficient (Wildman–Crippen LogP) is 7.16. The summed E-state index contributed by atoms with van der Waals surface area (Å²) in [6.45, 7) is 1.76. The molecule has 0 radical (unpaired) electrons. The molecule has 2 aromatic carbocycles. The molecule has 0 saturated carbocycles. The van der Waals surface area contributed by atoms with E-state index in [1.807, 2.05) is 13.0 Å². The summed E-state index contributed by atoms with van der Waals surface area (Å²) in [5, 5.41) is 0. The van der Waals surface area contributed by atoms with Crippen LogP contribution in [0.25, 0.3) is 33.9 Å². The van der Waals surface area contributed by atoms with E-state index in [0.29, 0.717) is 16.8 Å². The highest BCUT2D eigenvalue weighted by molar-refractivity contribution is 5.75. The van der Waals surface area contributed by atoms with E-state index in [9.17, 15) is 13.2 Å². The molecule has 6 nitrogen and oxygen atoms in total. The molecular formula is C32H23F3N4O2. The van der Waals surface area contributed by atoms with E-state index in [1.54, 1.807) is 36.4 Å². The van der Waals surface area contributed by atoms with Crippen molar-refractivity contribution in [3.63, 3.8) is 0 Å². The fourth-order valence-electron chi connectivity index (χ4n) is 4.10. The predicted molar refractivity (Wildman–Crippen MR) is 149 cm³/mol. The van der Waals surface area contributed by atoms with Gasteiger partial charge in [-0.15, -0.1) is 6.42 Å². The Balaban J connectivity index is 0.000000490. The number of nitrogens with zero attached hydrogens (tertiary/aromatic N) is 4. The number of benzene rings is 3. The van der Waals surface area contributed by atoms with E-state index in [0.717, 1.165) is 11.8 Å². The van der Waals surface area contributed by atoms with E-state index >= 15 is 0 Å². The van der Waals surface area contributed by atoms with Crippen molar-refractivity contribution in [2.75, 3.05) is 7.11 Å². The lowest BCUT2D eigenvalue weighted by Gasteiger charge is -2.17. The lowest BCUT2D eigenvalue weighted by molar-refractivity contribution is -0.137. The van der Waals surface area contributed by atoms with Crippen molar-refractivity contribution >= 4 is 0 Å². The maximum Gasteiger partial charge on any atom is 0.417 e. The minimum absolute atomic E-state index is 0.0506. The van der Waals surface area contributed by atoms with Gasteiger partial charge in [-0.25, -0.2) is 4.98 Å². The number of hydrogen-bond acceptors (Lipinski definition) is 6. The maximum absolute atomic E-state index is 14.1. The Bertz CT molecular complexity index is 1730. The van der Waals surface area contributed by atoms with Crippen molar-refractivity contribution in [1.29, 1.82) is 0 Å². The summed E-state index contributed by atoms with van der Waals surface area (Å²) < 4.78 is 53.1. The first kappa shape index (κ1) is 27.3. The number of aromatic nitrogens is 4. The first-order valence-electron chi connectivity index (χ1n) is 12.5. The number of methoxy groups -OCH3 is 1. The van der Waals surface area contributed by atoms with Crippen LogP contribution in [-0.4, -0.2) is 27.0 Å².